The van der Waals surface area contributed by atoms with Crippen LogP contribution >= 0.6 is 0 Å². The molecule has 1 aromatic rings. The summed E-state index contributed by atoms with van der Waals surface area (Å²) in [5.74, 6) is 0. The molecule has 1 rings (SSSR count). The molecule has 110 valence electrons. The van der Waals surface area contributed by atoms with Gasteiger partial charge in [0.05, 0.1) is 0 Å². The summed E-state index contributed by atoms with van der Waals surface area (Å²) in [6.07, 6.45) is 13.9. The molecule has 1 heteroatoms. The van der Waals surface area contributed by atoms with Crippen molar-refractivity contribution in [1.82, 2.24) is 0 Å². The zero-order chi connectivity index (χ0) is 14.0. The van der Waals surface area contributed by atoms with Gasteiger partial charge in [-0.2, -0.15) is 0 Å². The lowest BCUT2D eigenvalue weighted by atomic mass is 10.1. The van der Waals surface area contributed by atoms with E-state index in [0.29, 0.717) is 0 Å². The van der Waals surface area contributed by atoms with Crippen LogP contribution in [0.4, 0.5) is 0 Å². The topological polar surface area (TPSA) is 26.0 Å². The third-order valence-electron chi connectivity index (χ3n) is 3.22. The van der Waals surface area contributed by atoms with Crippen molar-refractivity contribution < 1.29 is 0 Å². The minimum Gasteiger partial charge on any atom is -0.330 e. The first-order valence-electron chi connectivity index (χ1n) is 8.12. The number of benzene rings is 1. The van der Waals surface area contributed by atoms with Crippen molar-refractivity contribution in [2.45, 2.75) is 71.1 Å². The highest BCUT2D eigenvalue weighted by Gasteiger charge is 1.91. The summed E-state index contributed by atoms with van der Waals surface area (Å²) in [7, 11) is 0. The van der Waals surface area contributed by atoms with Crippen LogP contribution < -0.4 is 5.73 Å². The summed E-state index contributed by atoms with van der Waals surface area (Å²) in [6, 6.07) is 12.0. The first kappa shape index (κ1) is 18.2. The van der Waals surface area contributed by atoms with Crippen LogP contribution in [0.25, 0.3) is 0 Å². The molecule has 0 spiro atoms. The molecule has 0 heterocycles. The third kappa shape index (κ3) is 17.2. The van der Waals surface area contributed by atoms with Crippen LogP contribution in [-0.4, -0.2) is 6.54 Å². The second kappa shape index (κ2) is 17.2. The van der Waals surface area contributed by atoms with Gasteiger partial charge in [-0.3, -0.25) is 0 Å². The van der Waals surface area contributed by atoms with Gasteiger partial charge in [-0.15, -0.1) is 0 Å². The normalized spacial score (nSPS) is 9.79. The van der Waals surface area contributed by atoms with Crippen LogP contribution in [0.1, 0.15) is 71.1 Å². The summed E-state index contributed by atoms with van der Waals surface area (Å²) < 4.78 is 0. The SMILES string of the molecule is CCCCCCCCCCCCN.c1ccccc1. The number of hydrogen-bond donors (Lipinski definition) is 1. The lowest BCUT2D eigenvalue weighted by Gasteiger charge is -2.00. The molecule has 0 atom stereocenters. The van der Waals surface area contributed by atoms with Gasteiger partial charge in [-0.1, -0.05) is 101 Å². The maximum atomic E-state index is 5.42. The second-order valence-electron chi connectivity index (χ2n) is 5.13. The average molecular weight is 263 g/mol. The zero-order valence-electron chi connectivity index (χ0n) is 12.8. The van der Waals surface area contributed by atoms with E-state index >= 15 is 0 Å². The van der Waals surface area contributed by atoms with Gasteiger partial charge in [-0.05, 0) is 13.0 Å². The molecule has 0 bridgehead atoms. The number of nitrogens with two attached hydrogens (primary N) is 1. The van der Waals surface area contributed by atoms with Gasteiger partial charge in [0, 0.05) is 0 Å². The average Bonchev–Trinajstić information content (AvgIpc) is 2.48. The van der Waals surface area contributed by atoms with E-state index in [1.54, 1.807) is 0 Å². The second-order valence-corrected chi connectivity index (χ2v) is 5.13. The first-order valence-corrected chi connectivity index (χ1v) is 8.12. The molecule has 0 fully saturated rings. The van der Waals surface area contributed by atoms with Crippen molar-refractivity contribution in [1.29, 1.82) is 0 Å². The van der Waals surface area contributed by atoms with E-state index in [-0.39, 0.29) is 0 Å². The molecule has 0 radical (unpaired) electrons. The van der Waals surface area contributed by atoms with Gasteiger partial charge in [0.15, 0.2) is 0 Å². The molecule has 1 nitrogen and oxygen atoms in total. The lowest BCUT2D eigenvalue weighted by molar-refractivity contribution is 0.558. The van der Waals surface area contributed by atoms with Crippen LogP contribution in [0, 0.1) is 0 Å². The molecular formula is C18H33N. The Morgan fingerprint density at radius 2 is 0.842 bits per heavy atom. The van der Waals surface area contributed by atoms with Crippen molar-refractivity contribution >= 4 is 0 Å². The largest absolute Gasteiger partial charge is 0.330 e. The van der Waals surface area contributed by atoms with Crippen molar-refractivity contribution in [2.24, 2.45) is 5.73 Å². The molecule has 19 heavy (non-hydrogen) atoms. The maximum absolute atomic E-state index is 5.42. The van der Waals surface area contributed by atoms with E-state index in [2.05, 4.69) is 6.92 Å². The van der Waals surface area contributed by atoms with E-state index in [9.17, 15) is 0 Å². The number of rotatable bonds is 10. The summed E-state index contributed by atoms with van der Waals surface area (Å²) in [4.78, 5) is 0. The zero-order valence-corrected chi connectivity index (χ0v) is 12.8. The van der Waals surface area contributed by atoms with Crippen molar-refractivity contribution in [3.8, 4) is 0 Å². The Kier molecular flexibility index (Phi) is 16.4. The fourth-order valence-electron chi connectivity index (χ4n) is 2.02. The van der Waals surface area contributed by atoms with Crippen molar-refractivity contribution in [2.75, 3.05) is 6.54 Å². The molecule has 0 saturated heterocycles. The number of hydrogen-bond acceptors (Lipinski definition) is 1. The molecule has 0 aromatic heterocycles. The summed E-state index contributed by atoms with van der Waals surface area (Å²) >= 11 is 0. The standard InChI is InChI=1S/C12H27N.C6H6/c1-2-3-4-5-6-7-8-9-10-11-12-13;1-2-4-6-5-3-1/h2-13H2,1H3;1-6H. The maximum Gasteiger partial charge on any atom is -0.00773 e. The van der Waals surface area contributed by atoms with E-state index < -0.39 is 0 Å². The third-order valence-corrected chi connectivity index (χ3v) is 3.22. The molecule has 1 aromatic carbocycles. The fourth-order valence-corrected chi connectivity index (χ4v) is 2.02. The minimum atomic E-state index is 0.872. The van der Waals surface area contributed by atoms with Gasteiger partial charge in [-0.25, -0.2) is 0 Å². The van der Waals surface area contributed by atoms with Gasteiger partial charge >= 0.3 is 0 Å². The summed E-state index contributed by atoms with van der Waals surface area (Å²) in [6.45, 7) is 3.14. The van der Waals surface area contributed by atoms with Gasteiger partial charge in [0.1, 0.15) is 0 Å². The Balaban J connectivity index is 0.000000443. The fraction of sp³-hybridized carbons (Fsp3) is 0.667. The van der Waals surface area contributed by atoms with Crippen molar-refractivity contribution in [3.63, 3.8) is 0 Å². The molecule has 0 saturated carbocycles. The van der Waals surface area contributed by atoms with E-state index in [1.807, 2.05) is 36.4 Å². The summed E-state index contributed by atoms with van der Waals surface area (Å²) in [5, 5.41) is 0. The van der Waals surface area contributed by atoms with E-state index in [1.165, 1.54) is 64.2 Å². The molecule has 0 unspecified atom stereocenters. The Bertz CT molecular complexity index is 196. The lowest BCUT2D eigenvalue weighted by Crippen LogP contribution is -1.97. The minimum absolute atomic E-state index is 0.872. The molecule has 0 amide bonds. The monoisotopic (exact) mass is 263 g/mol. The number of unbranched alkanes of at least 4 members (excludes halogenated alkanes) is 9. The molecule has 0 aliphatic carbocycles. The van der Waals surface area contributed by atoms with E-state index in [0.717, 1.165) is 6.54 Å². The molecule has 2 N–H and O–H groups in total. The quantitative estimate of drug-likeness (QED) is 0.550. The smallest absolute Gasteiger partial charge is 0.00773 e. The Morgan fingerprint density at radius 3 is 1.16 bits per heavy atom. The molecule has 0 aliphatic heterocycles. The van der Waals surface area contributed by atoms with Crippen LogP contribution in [-0.2, 0) is 0 Å². The van der Waals surface area contributed by atoms with Crippen LogP contribution in [0.5, 0.6) is 0 Å². The molecule has 0 aliphatic rings. The predicted octanol–water partition coefficient (Wildman–Crippen LogP) is 5.55. The Hall–Kier alpha value is -0.820. The molecular weight excluding hydrogens is 230 g/mol. The van der Waals surface area contributed by atoms with Crippen molar-refractivity contribution in [3.05, 3.63) is 36.4 Å². The van der Waals surface area contributed by atoms with Gasteiger partial charge < -0.3 is 5.73 Å². The van der Waals surface area contributed by atoms with Crippen LogP contribution in [0.2, 0.25) is 0 Å². The van der Waals surface area contributed by atoms with Gasteiger partial charge in [0.25, 0.3) is 0 Å². The first-order chi connectivity index (χ1) is 9.41. The van der Waals surface area contributed by atoms with Gasteiger partial charge in [0.2, 0.25) is 0 Å². The highest BCUT2D eigenvalue weighted by Crippen LogP contribution is 2.09. The predicted molar refractivity (Wildman–Crippen MR) is 87.3 cm³/mol. The highest BCUT2D eigenvalue weighted by molar-refractivity contribution is 4.99. The van der Waals surface area contributed by atoms with Crippen LogP contribution in [0.3, 0.4) is 0 Å². The summed E-state index contributed by atoms with van der Waals surface area (Å²) in [5.41, 5.74) is 5.42. The Morgan fingerprint density at radius 1 is 0.526 bits per heavy atom. The van der Waals surface area contributed by atoms with Crippen LogP contribution in [0.15, 0.2) is 36.4 Å². The van der Waals surface area contributed by atoms with E-state index in [4.69, 9.17) is 5.73 Å². The highest BCUT2D eigenvalue weighted by atomic mass is 14.5. The Labute approximate surface area is 120 Å².